The van der Waals surface area contributed by atoms with Gasteiger partial charge in [-0.3, -0.25) is 4.79 Å². The number of esters is 1. The lowest BCUT2D eigenvalue weighted by atomic mass is 10.1. The number of benzene rings is 3. The Morgan fingerprint density at radius 3 is 1.95 bits per heavy atom. The van der Waals surface area contributed by atoms with Crippen LogP contribution in [0.5, 0.6) is 0 Å². The van der Waals surface area contributed by atoms with Crippen molar-refractivity contribution in [3.63, 3.8) is 0 Å². The summed E-state index contributed by atoms with van der Waals surface area (Å²) >= 11 is 1.19. The molecular weight excluding hydrogens is 524 g/mol. The zero-order chi connectivity index (χ0) is 30.1. The molecule has 7 nitrogen and oxygen atoms in total. The van der Waals surface area contributed by atoms with Crippen LogP contribution in [-0.2, 0) is 19.1 Å². The summed E-state index contributed by atoms with van der Waals surface area (Å²) in [6.45, 7) is 14.8. The van der Waals surface area contributed by atoms with Crippen LogP contribution in [0.4, 0.5) is 11.4 Å². The minimum atomic E-state index is -1.14. The Bertz CT molecular complexity index is 1240. The molecule has 1 unspecified atom stereocenters. The standard InChI is InChI=1S/C18H17NO3S.C7H9N.C7H12O2/c1-12(2)17(20)19-14-8-10-15(11-9-14)23-16(18(21)22)13-6-4-3-5-7-13;1-6-2-4-7(8)5-3-6;1-4-5-9-7(8)6(2)3/h3-11,16H,1H2,2H3,(H,19,20)(H,21,22);2-5H,8H2,1H3;2,4-5H2,1,3H3/p-1. The van der Waals surface area contributed by atoms with Gasteiger partial charge in [0.15, 0.2) is 0 Å². The quantitative estimate of drug-likeness (QED) is 0.145. The number of carboxylic acids is 1. The number of carbonyl (C=O) groups excluding carboxylic acids is 3. The van der Waals surface area contributed by atoms with Crippen molar-refractivity contribution in [2.75, 3.05) is 17.7 Å². The summed E-state index contributed by atoms with van der Waals surface area (Å²) in [5, 5.41) is 13.3. The lowest BCUT2D eigenvalue weighted by Gasteiger charge is -2.18. The average molecular weight is 562 g/mol. The van der Waals surface area contributed by atoms with Crippen molar-refractivity contribution in [2.45, 2.75) is 44.3 Å². The van der Waals surface area contributed by atoms with Crippen LogP contribution in [0.2, 0.25) is 0 Å². The number of rotatable bonds is 9. The maximum atomic E-state index is 11.5. The molecule has 3 aromatic rings. The van der Waals surface area contributed by atoms with Gasteiger partial charge in [0.2, 0.25) is 0 Å². The maximum Gasteiger partial charge on any atom is 0.333 e. The van der Waals surface area contributed by atoms with Gasteiger partial charge in [0.25, 0.3) is 5.91 Å². The zero-order valence-electron chi connectivity index (χ0n) is 23.4. The Morgan fingerprint density at radius 1 is 0.925 bits per heavy atom. The molecule has 0 radical (unpaired) electrons. The number of carboxylic acid groups (broad SMARTS) is 1. The van der Waals surface area contributed by atoms with Gasteiger partial charge in [0.1, 0.15) is 0 Å². The average Bonchev–Trinajstić information content (AvgIpc) is 2.93. The van der Waals surface area contributed by atoms with Gasteiger partial charge in [-0.2, -0.15) is 0 Å². The molecule has 1 amide bonds. The van der Waals surface area contributed by atoms with Crippen LogP contribution in [0.3, 0.4) is 0 Å². The smallest absolute Gasteiger partial charge is 0.333 e. The molecule has 0 aliphatic carbocycles. The Labute approximate surface area is 241 Å². The molecule has 0 spiro atoms. The third kappa shape index (κ3) is 13.5. The molecule has 0 aliphatic heterocycles. The number of aryl methyl sites for hydroxylation is 1. The largest absolute Gasteiger partial charge is 0.549 e. The van der Waals surface area contributed by atoms with E-state index in [4.69, 9.17) is 10.5 Å². The molecule has 0 saturated heterocycles. The summed E-state index contributed by atoms with van der Waals surface area (Å²) in [5.74, 6) is -1.68. The number of nitrogens with one attached hydrogen (secondary N) is 1. The number of hydrogen-bond donors (Lipinski definition) is 2. The molecule has 3 N–H and O–H groups in total. The molecule has 3 rings (SSSR count). The fraction of sp³-hybridized carbons (Fsp3) is 0.219. The summed E-state index contributed by atoms with van der Waals surface area (Å²) in [7, 11) is 0. The highest BCUT2D eigenvalue weighted by Gasteiger charge is 2.14. The van der Waals surface area contributed by atoms with E-state index < -0.39 is 11.2 Å². The van der Waals surface area contributed by atoms with E-state index in [1.807, 2.05) is 44.2 Å². The monoisotopic (exact) mass is 561 g/mol. The number of carbonyl (C=O) groups is 3. The molecule has 0 aliphatic rings. The number of anilines is 2. The van der Waals surface area contributed by atoms with Crippen molar-refractivity contribution < 1.29 is 24.2 Å². The molecular formula is C32H37N2O5S-. The second-order valence-electron chi connectivity index (χ2n) is 8.81. The number of ether oxygens (including phenoxy) is 1. The molecule has 0 saturated carbocycles. The first-order chi connectivity index (χ1) is 18.9. The van der Waals surface area contributed by atoms with Gasteiger partial charge in [-0.05, 0) is 69.2 Å². The van der Waals surface area contributed by atoms with Gasteiger partial charge in [0, 0.05) is 27.4 Å². The highest BCUT2D eigenvalue weighted by Crippen LogP contribution is 2.35. The zero-order valence-corrected chi connectivity index (χ0v) is 24.3. The summed E-state index contributed by atoms with van der Waals surface area (Å²) < 4.78 is 4.71. The lowest BCUT2D eigenvalue weighted by molar-refractivity contribution is -0.305. The number of thioether (sulfide) groups is 1. The summed E-state index contributed by atoms with van der Waals surface area (Å²) in [6.07, 6.45) is 0.860. The number of nitrogens with two attached hydrogens (primary N) is 1. The number of nitrogen functional groups attached to an aromatic ring is 1. The molecule has 1 atom stereocenters. The van der Waals surface area contributed by atoms with Gasteiger partial charge >= 0.3 is 5.97 Å². The summed E-state index contributed by atoms with van der Waals surface area (Å²) in [5.41, 5.74) is 9.70. The second kappa shape index (κ2) is 18.1. The predicted molar refractivity (Wildman–Crippen MR) is 162 cm³/mol. The summed E-state index contributed by atoms with van der Waals surface area (Å²) in [6, 6.07) is 23.7. The molecule has 40 heavy (non-hydrogen) atoms. The van der Waals surface area contributed by atoms with Crippen LogP contribution in [-0.4, -0.2) is 24.5 Å². The van der Waals surface area contributed by atoms with Crippen molar-refractivity contribution >= 4 is 41.0 Å². The molecule has 0 heterocycles. The van der Waals surface area contributed by atoms with Crippen LogP contribution in [0.15, 0.2) is 108 Å². The first kappa shape index (κ1) is 33.7. The molecule has 0 bridgehead atoms. The topological polar surface area (TPSA) is 122 Å². The SMILES string of the molecule is C=C(C)C(=O)Nc1ccc(SC(C(=O)[O-])c2ccccc2)cc1.C=C(C)C(=O)OCCC.Cc1ccc(N)cc1. The van der Waals surface area contributed by atoms with Crippen LogP contribution in [0.1, 0.15) is 43.6 Å². The van der Waals surface area contributed by atoms with E-state index in [-0.39, 0.29) is 11.9 Å². The Kier molecular flexibility index (Phi) is 15.2. The van der Waals surface area contributed by atoms with Crippen molar-refractivity contribution in [3.8, 4) is 0 Å². The van der Waals surface area contributed by atoms with E-state index in [9.17, 15) is 19.5 Å². The third-order valence-corrected chi connectivity index (χ3v) is 6.18. The first-order valence-corrected chi connectivity index (χ1v) is 13.5. The van der Waals surface area contributed by atoms with Crippen molar-refractivity contribution in [1.82, 2.24) is 0 Å². The van der Waals surface area contributed by atoms with Gasteiger partial charge in [-0.15, -0.1) is 11.8 Å². The number of hydrogen-bond acceptors (Lipinski definition) is 7. The van der Waals surface area contributed by atoms with E-state index >= 15 is 0 Å². The second-order valence-corrected chi connectivity index (χ2v) is 9.99. The maximum absolute atomic E-state index is 11.5. The van der Waals surface area contributed by atoms with E-state index in [0.29, 0.717) is 29.0 Å². The van der Waals surface area contributed by atoms with E-state index in [2.05, 4.69) is 18.5 Å². The lowest BCUT2D eigenvalue weighted by Crippen LogP contribution is -2.28. The number of amides is 1. The van der Waals surface area contributed by atoms with Crippen LogP contribution in [0.25, 0.3) is 0 Å². The number of aliphatic carboxylic acids is 1. The predicted octanol–water partition coefficient (Wildman–Crippen LogP) is 5.88. The van der Waals surface area contributed by atoms with Gasteiger partial charge in [-0.25, -0.2) is 4.79 Å². The molecule has 3 aromatic carbocycles. The minimum Gasteiger partial charge on any atom is -0.549 e. The van der Waals surface area contributed by atoms with E-state index in [0.717, 1.165) is 17.0 Å². The minimum absolute atomic E-state index is 0.248. The molecule has 0 fully saturated rings. The Balaban J connectivity index is 0.000000384. The van der Waals surface area contributed by atoms with Crippen LogP contribution >= 0.6 is 11.8 Å². The van der Waals surface area contributed by atoms with Gasteiger partial charge in [0.05, 0.1) is 17.8 Å². The third-order valence-electron chi connectivity index (χ3n) is 4.93. The van der Waals surface area contributed by atoms with Crippen LogP contribution < -0.4 is 16.2 Å². The van der Waals surface area contributed by atoms with E-state index in [1.165, 1.54) is 17.3 Å². The van der Waals surface area contributed by atoms with E-state index in [1.54, 1.807) is 62.4 Å². The fourth-order valence-electron chi connectivity index (χ4n) is 2.76. The van der Waals surface area contributed by atoms with Crippen molar-refractivity contribution in [1.29, 1.82) is 0 Å². The van der Waals surface area contributed by atoms with Gasteiger partial charge in [-0.1, -0.05) is 68.1 Å². The molecule has 0 aromatic heterocycles. The van der Waals surface area contributed by atoms with Gasteiger partial charge < -0.3 is 25.7 Å². The molecule has 8 heteroatoms. The summed E-state index contributed by atoms with van der Waals surface area (Å²) in [4.78, 5) is 34.3. The highest BCUT2D eigenvalue weighted by atomic mass is 32.2. The van der Waals surface area contributed by atoms with Crippen molar-refractivity contribution in [3.05, 3.63) is 114 Å². The normalized spacial score (nSPS) is 10.4. The molecule has 212 valence electrons. The van der Waals surface area contributed by atoms with Crippen LogP contribution in [0, 0.1) is 6.92 Å². The Hall–Kier alpha value is -4.30. The highest BCUT2D eigenvalue weighted by molar-refractivity contribution is 8.00. The fourth-order valence-corrected chi connectivity index (χ4v) is 3.71. The van der Waals surface area contributed by atoms with Crippen molar-refractivity contribution in [2.24, 2.45) is 0 Å². The Morgan fingerprint density at radius 2 is 1.50 bits per heavy atom. The first-order valence-electron chi connectivity index (χ1n) is 12.6.